The van der Waals surface area contributed by atoms with Gasteiger partial charge in [-0.25, -0.2) is 8.42 Å². The number of hydrogen-bond acceptors (Lipinski definition) is 6. The quantitative estimate of drug-likeness (QED) is 0.693. The zero-order valence-corrected chi connectivity index (χ0v) is 18.6. The normalized spacial score (nSPS) is 26.7. The third-order valence-electron chi connectivity index (χ3n) is 7.10. The van der Waals surface area contributed by atoms with Crippen LogP contribution in [-0.2, 0) is 10.0 Å². The summed E-state index contributed by atoms with van der Waals surface area (Å²) in [6, 6.07) is -0.290. The standard InChI is InChI=1S/C21H36N4O3S/c1-2-29(26,27)25-13-7-6-10-19(25)21-23-22-20(28-21)18-11-14-24(15-12-18)16-17-8-4-3-5-9-17/h17-19H,2-16H2,1H3/t19-/m0/s1. The highest BCUT2D eigenvalue weighted by molar-refractivity contribution is 7.89. The van der Waals surface area contributed by atoms with E-state index in [0.29, 0.717) is 24.2 Å². The summed E-state index contributed by atoms with van der Waals surface area (Å²) in [5, 5.41) is 8.63. The molecule has 2 saturated heterocycles. The van der Waals surface area contributed by atoms with Gasteiger partial charge in [0.25, 0.3) is 0 Å². The molecule has 0 aromatic carbocycles. The van der Waals surface area contributed by atoms with Crippen LogP contribution in [0.2, 0.25) is 0 Å². The molecule has 3 heterocycles. The molecule has 0 spiro atoms. The first-order valence-electron chi connectivity index (χ1n) is 11.6. The van der Waals surface area contributed by atoms with Gasteiger partial charge in [-0.1, -0.05) is 25.7 Å². The number of sulfonamides is 1. The molecule has 0 bridgehead atoms. The summed E-state index contributed by atoms with van der Waals surface area (Å²) in [7, 11) is -3.26. The lowest BCUT2D eigenvalue weighted by molar-refractivity contribution is 0.154. The molecule has 7 nitrogen and oxygen atoms in total. The van der Waals surface area contributed by atoms with Gasteiger partial charge in [0.15, 0.2) is 0 Å². The molecule has 1 aromatic rings. The van der Waals surface area contributed by atoms with Crippen LogP contribution in [0.4, 0.5) is 0 Å². The van der Waals surface area contributed by atoms with Gasteiger partial charge in [0, 0.05) is 19.0 Å². The minimum Gasteiger partial charge on any atom is -0.423 e. The van der Waals surface area contributed by atoms with Crippen LogP contribution in [0.1, 0.15) is 94.9 Å². The van der Waals surface area contributed by atoms with Crippen LogP contribution in [0.15, 0.2) is 4.42 Å². The molecule has 1 atom stereocenters. The molecule has 29 heavy (non-hydrogen) atoms. The van der Waals surface area contributed by atoms with Crippen LogP contribution in [0, 0.1) is 5.92 Å². The minimum atomic E-state index is -3.26. The summed E-state index contributed by atoms with van der Waals surface area (Å²) in [5.74, 6) is 2.49. The maximum absolute atomic E-state index is 12.5. The Morgan fingerprint density at radius 2 is 1.59 bits per heavy atom. The van der Waals surface area contributed by atoms with Gasteiger partial charge >= 0.3 is 0 Å². The van der Waals surface area contributed by atoms with E-state index in [4.69, 9.17) is 4.42 Å². The second-order valence-electron chi connectivity index (χ2n) is 9.08. The Labute approximate surface area is 175 Å². The van der Waals surface area contributed by atoms with Gasteiger partial charge in [0.05, 0.1) is 5.75 Å². The first-order chi connectivity index (χ1) is 14.1. The van der Waals surface area contributed by atoms with Crippen molar-refractivity contribution in [3.8, 4) is 0 Å². The Bertz CT molecular complexity index is 752. The van der Waals surface area contributed by atoms with Crippen molar-refractivity contribution in [3.05, 3.63) is 11.8 Å². The molecule has 164 valence electrons. The topological polar surface area (TPSA) is 79.5 Å². The summed E-state index contributed by atoms with van der Waals surface area (Å²) in [5.41, 5.74) is 0. The van der Waals surface area contributed by atoms with E-state index in [1.54, 1.807) is 11.2 Å². The summed E-state index contributed by atoms with van der Waals surface area (Å²) in [6.07, 6.45) is 11.8. The minimum absolute atomic E-state index is 0.115. The van der Waals surface area contributed by atoms with E-state index in [1.807, 2.05) is 0 Å². The SMILES string of the molecule is CCS(=O)(=O)N1CCCC[C@H]1c1nnc(C2CCN(CC3CCCCC3)CC2)o1. The Balaban J connectivity index is 1.35. The van der Waals surface area contributed by atoms with Crippen molar-refractivity contribution < 1.29 is 12.8 Å². The van der Waals surface area contributed by atoms with Crippen molar-refractivity contribution in [3.63, 3.8) is 0 Å². The molecular weight excluding hydrogens is 388 g/mol. The van der Waals surface area contributed by atoms with Crippen LogP contribution in [0.25, 0.3) is 0 Å². The van der Waals surface area contributed by atoms with E-state index in [-0.39, 0.29) is 11.8 Å². The van der Waals surface area contributed by atoms with E-state index in [2.05, 4.69) is 15.1 Å². The molecule has 0 unspecified atom stereocenters. The van der Waals surface area contributed by atoms with Crippen molar-refractivity contribution in [2.45, 2.75) is 83.1 Å². The van der Waals surface area contributed by atoms with Crippen molar-refractivity contribution >= 4 is 10.0 Å². The second-order valence-corrected chi connectivity index (χ2v) is 11.3. The predicted octanol–water partition coefficient (Wildman–Crippen LogP) is 3.71. The zero-order chi connectivity index (χ0) is 20.3. The fourth-order valence-corrected chi connectivity index (χ4v) is 6.62. The van der Waals surface area contributed by atoms with Crippen LogP contribution < -0.4 is 0 Å². The molecule has 3 fully saturated rings. The maximum Gasteiger partial charge on any atom is 0.234 e. The highest BCUT2D eigenvalue weighted by Crippen LogP contribution is 2.35. The molecular formula is C21H36N4O3S. The third-order valence-corrected chi connectivity index (χ3v) is 8.98. The van der Waals surface area contributed by atoms with Crippen LogP contribution in [0.5, 0.6) is 0 Å². The predicted molar refractivity (Wildman–Crippen MR) is 112 cm³/mol. The maximum atomic E-state index is 12.5. The van der Waals surface area contributed by atoms with E-state index in [1.165, 1.54) is 38.6 Å². The summed E-state index contributed by atoms with van der Waals surface area (Å²) in [6.45, 7) is 5.68. The number of hydrogen-bond donors (Lipinski definition) is 0. The van der Waals surface area contributed by atoms with Gasteiger partial charge in [-0.15, -0.1) is 10.2 Å². The highest BCUT2D eigenvalue weighted by atomic mass is 32.2. The number of likely N-dealkylation sites (tertiary alicyclic amines) is 1. The number of aromatic nitrogens is 2. The van der Waals surface area contributed by atoms with E-state index in [9.17, 15) is 8.42 Å². The average molecular weight is 425 g/mol. The van der Waals surface area contributed by atoms with Crippen LogP contribution in [0.3, 0.4) is 0 Å². The molecule has 8 heteroatoms. The molecule has 0 radical (unpaired) electrons. The number of piperidine rings is 2. The average Bonchev–Trinajstić information content (AvgIpc) is 3.25. The molecule has 1 aliphatic carbocycles. The zero-order valence-electron chi connectivity index (χ0n) is 17.8. The molecule has 2 aliphatic heterocycles. The van der Waals surface area contributed by atoms with E-state index in [0.717, 1.165) is 51.1 Å². The Morgan fingerprint density at radius 1 is 0.897 bits per heavy atom. The summed E-state index contributed by atoms with van der Waals surface area (Å²) < 4.78 is 32.6. The summed E-state index contributed by atoms with van der Waals surface area (Å²) >= 11 is 0. The second kappa shape index (κ2) is 9.43. The smallest absolute Gasteiger partial charge is 0.234 e. The lowest BCUT2D eigenvalue weighted by Gasteiger charge is -2.34. The van der Waals surface area contributed by atoms with Crippen molar-refractivity contribution in [2.24, 2.45) is 5.92 Å². The number of nitrogens with zero attached hydrogens (tertiary/aromatic N) is 4. The Kier molecular flexibility index (Phi) is 6.91. The monoisotopic (exact) mass is 424 g/mol. The van der Waals surface area contributed by atoms with Gasteiger partial charge in [0.1, 0.15) is 6.04 Å². The van der Waals surface area contributed by atoms with Gasteiger partial charge < -0.3 is 9.32 Å². The fourth-order valence-electron chi connectivity index (χ4n) is 5.29. The molecule has 3 aliphatic rings. The van der Waals surface area contributed by atoms with Gasteiger partial charge in [0.2, 0.25) is 21.8 Å². The Morgan fingerprint density at radius 3 is 2.31 bits per heavy atom. The van der Waals surface area contributed by atoms with Gasteiger partial charge in [-0.3, -0.25) is 0 Å². The van der Waals surface area contributed by atoms with Gasteiger partial charge in [-0.05, 0) is 64.5 Å². The van der Waals surface area contributed by atoms with Crippen LogP contribution in [-0.4, -0.2) is 59.8 Å². The number of rotatable bonds is 6. The van der Waals surface area contributed by atoms with Crippen molar-refractivity contribution in [1.29, 1.82) is 0 Å². The largest absolute Gasteiger partial charge is 0.423 e. The molecule has 0 N–H and O–H groups in total. The van der Waals surface area contributed by atoms with Crippen molar-refractivity contribution in [1.82, 2.24) is 19.4 Å². The van der Waals surface area contributed by atoms with Crippen LogP contribution >= 0.6 is 0 Å². The summed E-state index contributed by atoms with van der Waals surface area (Å²) in [4.78, 5) is 2.61. The Hall–Kier alpha value is -0.990. The first-order valence-corrected chi connectivity index (χ1v) is 13.2. The third kappa shape index (κ3) is 5.02. The molecule has 1 aromatic heterocycles. The molecule has 0 amide bonds. The van der Waals surface area contributed by atoms with Gasteiger partial charge in [-0.2, -0.15) is 4.31 Å². The van der Waals surface area contributed by atoms with E-state index < -0.39 is 10.0 Å². The molecule has 1 saturated carbocycles. The molecule has 4 rings (SSSR count). The fraction of sp³-hybridized carbons (Fsp3) is 0.905. The lowest BCUT2D eigenvalue weighted by atomic mass is 9.88. The lowest BCUT2D eigenvalue weighted by Crippen LogP contribution is -2.39. The first kappa shape index (κ1) is 21.2. The van der Waals surface area contributed by atoms with E-state index >= 15 is 0 Å². The highest BCUT2D eigenvalue weighted by Gasteiger charge is 2.36. The van der Waals surface area contributed by atoms with Crippen molar-refractivity contribution in [2.75, 3.05) is 31.9 Å².